The number of para-hydroxylation sites is 14. The van der Waals surface area contributed by atoms with Crippen LogP contribution in [0.4, 0.5) is 114 Å². The summed E-state index contributed by atoms with van der Waals surface area (Å²) in [4.78, 5) is 9.40. The lowest BCUT2D eigenvalue weighted by atomic mass is 10.0. The molecule has 0 atom stereocenters. The van der Waals surface area contributed by atoms with E-state index in [0.29, 0.717) is 0 Å². The third-order valence-electron chi connectivity index (χ3n) is 25.3. The van der Waals surface area contributed by atoms with Gasteiger partial charge in [0.25, 0.3) is 0 Å². The Morgan fingerprint density at radius 3 is 0.979 bits per heavy atom. The highest BCUT2D eigenvalue weighted by atomic mass is 32.1. The number of benzene rings is 23. The monoisotopic (exact) mass is 1830 g/mol. The summed E-state index contributed by atoms with van der Waals surface area (Å²) in [6.07, 6.45) is 0. The Morgan fingerprint density at radius 1 is 0.143 bits per heavy atom. The van der Waals surface area contributed by atoms with Crippen molar-refractivity contribution in [1.82, 2.24) is 0 Å². The third-order valence-corrected chi connectivity index (χ3v) is 27.5. The summed E-state index contributed by atoms with van der Waals surface area (Å²) >= 11 is 3.71. The van der Waals surface area contributed by atoms with E-state index in [9.17, 15) is 0 Å². The highest BCUT2D eigenvalue weighted by Gasteiger charge is 2.26. The lowest BCUT2D eigenvalue weighted by Gasteiger charge is -2.29. The molecule has 8 nitrogen and oxygen atoms in total. The fourth-order valence-corrected chi connectivity index (χ4v) is 21.0. The van der Waals surface area contributed by atoms with E-state index >= 15 is 0 Å². The minimum Gasteiger partial charge on any atom is -0.354 e. The summed E-state index contributed by atoms with van der Waals surface area (Å²) in [6.45, 7) is 0. The molecule has 140 heavy (non-hydrogen) atoms. The maximum Gasteiger partial charge on any atom is 0.0697 e. The van der Waals surface area contributed by atoms with Gasteiger partial charge in [-0.25, -0.2) is 0 Å². The first kappa shape index (κ1) is 87.3. The Hall–Kier alpha value is -18.1. The molecule has 0 spiro atoms. The van der Waals surface area contributed by atoms with Crippen LogP contribution in [-0.2, 0) is 0 Å². The zero-order chi connectivity index (χ0) is 93.5. The number of hydrogen-bond acceptors (Lipinski definition) is 10. The molecule has 2 heterocycles. The van der Waals surface area contributed by atoms with E-state index in [1.165, 1.54) is 100 Å². The van der Waals surface area contributed by atoms with Gasteiger partial charge in [0.1, 0.15) is 0 Å². The van der Waals surface area contributed by atoms with Crippen molar-refractivity contribution < 1.29 is 0 Å². The minimum absolute atomic E-state index is 1.05. The van der Waals surface area contributed by atoms with Crippen LogP contribution in [0.1, 0.15) is 0 Å². The fourth-order valence-electron chi connectivity index (χ4n) is 18.7. The normalized spacial score (nSPS) is 11.0. The van der Waals surface area contributed by atoms with Crippen molar-refractivity contribution >= 4 is 220 Å². The number of nitrogens with zero attached hydrogens (tertiary/aromatic N) is 4. The van der Waals surface area contributed by atoms with Crippen LogP contribution in [0, 0.1) is 0 Å². The second kappa shape index (κ2) is 41.0. The fraction of sp³-hybridized carbons (Fsp3) is 0. The van der Waals surface area contributed by atoms with Crippen LogP contribution in [0.3, 0.4) is 0 Å². The topological polar surface area (TPSA) is 61.1 Å². The van der Waals surface area contributed by atoms with Gasteiger partial charge in [-0.2, -0.15) is 0 Å². The highest BCUT2D eigenvalue weighted by Crippen LogP contribution is 2.51. The predicted octanol–water partition coefficient (Wildman–Crippen LogP) is 38.6. The van der Waals surface area contributed by atoms with Gasteiger partial charge in [-0.15, -0.1) is 22.7 Å². The zero-order valence-electron chi connectivity index (χ0n) is 76.7. The molecule has 0 aliphatic heterocycles. The third kappa shape index (κ3) is 19.0. The SMILES string of the molecule is c1ccc(Nc2ccccc2N(c2ccc3c(c2)sc2ccccc23)c2cccc3sc4ccccc4c23)cc1.c1ccc(Nc2ccccc2N(c2ccc3ccccc3c2)c2cccc3ccccc23)cc1.c1ccc(Nc2ccccc2N(c2ccccc2)c2ccc(-c3ccccc3)cc2)cc1.c1ccc(Nc2ccccc2N(c2ccccc2)c2ccc3c(ccc4ccccc43)c2)cc1. The number of hydrogen-bond donors (Lipinski definition) is 4. The van der Waals surface area contributed by atoms with Crippen molar-refractivity contribution in [1.29, 1.82) is 0 Å². The van der Waals surface area contributed by atoms with Crippen molar-refractivity contribution in [2.75, 3.05) is 40.9 Å². The average Bonchev–Trinajstić information content (AvgIpc) is 1.67. The molecule has 25 aromatic rings. The number of fused-ring (bicyclic) bond motifs is 11. The largest absolute Gasteiger partial charge is 0.354 e. The van der Waals surface area contributed by atoms with Gasteiger partial charge in [0, 0.05) is 103 Å². The summed E-state index contributed by atoms with van der Waals surface area (Å²) in [6, 6.07) is 197. The first-order valence-corrected chi connectivity index (χ1v) is 48.9. The summed E-state index contributed by atoms with van der Waals surface area (Å²) in [7, 11) is 0. The molecule has 10 heteroatoms. The van der Waals surface area contributed by atoms with Gasteiger partial charge in [0.2, 0.25) is 0 Å². The molecule has 0 amide bonds. The maximum absolute atomic E-state index is 3.69. The van der Waals surface area contributed by atoms with Gasteiger partial charge in [0.15, 0.2) is 0 Å². The van der Waals surface area contributed by atoms with Gasteiger partial charge in [-0.05, 0) is 249 Å². The zero-order valence-corrected chi connectivity index (χ0v) is 78.4. The minimum atomic E-state index is 1.05. The van der Waals surface area contributed by atoms with Gasteiger partial charge < -0.3 is 40.9 Å². The molecular weight excluding hydrogens is 1740 g/mol. The maximum atomic E-state index is 3.69. The Bertz CT molecular complexity index is 8580. The quantitative estimate of drug-likeness (QED) is 0.0531. The Morgan fingerprint density at radius 2 is 0.436 bits per heavy atom. The van der Waals surface area contributed by atoms with Crippen molar-refractivity contribution in [2.24, 2.45) is 0 Å². The van der Waals surface area contributed by atoms with E-state index in [0.717, 1.165) is 108 Å². The average molecular weight is 1830 g/mol. The first-order valence-electron chi connectivity index (χ1n) is 47.3. The summed E-state index contributed by atoms with van der Waals surface area (Å²) < 4.78 is 5.21. The van der Waals surface area contributed by atoms with Crippen LogP contribution < -0.4 is 40.9 Å². The van der Waals surface area contributed by atoms with Crippen LogP contribution >= 0.6 is 22.7 Å². The van der Waals surface area contributed by atoms with Gasteiger partial charge in [0.05, 0.1) is 56.9 Å². The number of thiophene rings is 2. The van der Waals surface area contributed by atoms with Crippen LogP contribution in [0.5, 0.6) is 0 Å². The van der Waals surface area contributed by atoms with Crippen molar-refractivity contribution in [3.63, 3.8) is 0 Å². The number of rotatable bonds is 21. The molecule has 0 fully saturated rings. The van der Waals surface area contributed by atoms with Crippen LogP contribution in [0.15, 0.2) is 558 Å². The number of anilines is 20. The molecule has 0 bridgehead atoms. The van der Waals surface area contributed by atoms with Crippen LogP contribution in [0.25, 0.3) is 94.6 Å². The second-order valence-corrected chi connectivity index (χ2v) is 36.4. The molecule has 0 saturated heterocycles. The second-order valence-electron chi connectivity index (χ2n) is 34.2. The molecule has 0 saturated carbocycles. The smallest absolute Gasteiger partial charge is 0.0697 e. The van der Waals surface area contributed by atoms with E-state index in [-0.39, 0.29) is 0 Å². The van der Waals surface area contributed by atoms with Gasteiger partial charge in [-0.1, -0.05) is 358 Å². The van der Waals surface area contributed by atoms with Gasteiger partial charge >= 0.3 is 0 Å². The lowest BCUT2D eigenvalue weighted by molar-refractivity contribution is 1.28. The van der Waals surface area contributed by atoms with Crippen molar-refractivity contribution in [3.8, 4) is 11.1 Å². The van der Waals surface area contributed by atoms with E-state index in [2.05, 4.69) is 538 Å². The molecular formula is C130H96N8S2. The van der Waals surface area contributed by atoms with Gasteiger partial charge in [-0.3, -0.25) is 0 Å². The molecule has 23 aromatic carbocycles. The molecule has 4 N–H and O–H groups in total. The molecule has 0 unspecified atom stereocenters. The Balaban J connectivity index is 0.000000108. The summed E-state index contributed by atoms with van der Waals surface area (Å²) in [5.74, 6) is 0. The Labute approximate surface area is 823 Å². The molecule has 0 aliphatic carbocycles. The molecule has 2 aromatic heterocycles. The van der Waals surface area contributed by atoms with Crippen molar-refractivity contribution in [2.45, 2.75) is 0 Å². The standard InChI is InChI=1S/C36H24N2S2.2C32H24N2.C30H24N2/c1-2-11-24(12-3-1)37-29-15-6-7-16-30(29)38(25-21-22-27-26-13-4-8-18-32(26)40-35(27)23-25)31-17-10-20-34-36(31)28-14-5-9-19-33(28)39-34;1-3-12-26(13-4-1)33-31-17-9-10-18-32(31)34(27-14-5-2-6-15-27)28-21-22-30-25(23-28)20-19-24-11-7-8-16-29(24)30;1-2-15-27(16-3-1)33-30-18-8-9-19-32(30)34(28-22-21-24-11-4-5-13-26(24)23-28)31-20-10-14-25-12-6-7-17-29(25)31;1-4-12-24(13-5-1)25-20-22-28(23-21-25)32(27-16-8-3-9-17-27)30-19-11-10-18-29(30)31-26-14-6-2-7-15-26/h1-23,37H;2*1-23,33H;1-23,31H. The van der Waals surface area contributed by atoms with E-state index < -0.39 is 0 Å². The number of nitrogens with one attached hydrogen (secondary N) is 4. The van der Waals surface area contributed by atoms with Crippen LogP contribution in [0.2, 0.25) is 0 Å². The van der Waals surface area contributed by atoms with E-state index in [1.54, 1.807) is 0 Å². The van der Waals surface area contributed by atoms with E-state index in [1.807, 2.05) is 83.3 Å². The Kier molecular flexibility index (Phi) is 25.6. The highest BCUT2D eigenvalue weighted by molar-refractivity contribution is 7.26. The summed E-state index contributed by atoms with van der Waals surface area (Å²) in [5.41, 5.74) is 24.3. The van der Waals surface area contributed by atoms with Crippen molar-refractivity contribution in [3.05, 3.63) is 558 Å². The molecule has 25 rings (SSSR count). The van der Waals surface area contributed by atoms with E-state index in [4.69, 9.17) is 0 Å². The molecule has 668 valence electrons. The molecule has 0 aliphatic rings. The summed E-state index contributed by atoms with van der Waals surface area (Å²) in [5, 5.41) is 29.7. The lowest BCUT2D eigenvalue weighted by Crippen LogP contribution is -2.12. The molecule has 0 radical (unpaired) electrons. The predicted molar refractivity (Wildman–Crippen MR) is 605 cm³/mol. The van der Waals surface area contributed by atoms with Crippen LogP contribution in [-0.4, -0.2) is 0 Å². The first-order chi connectivity index (χ1) is 69.4.